The number of nitrogens with two attached hydrogens (primary N) is 2. The van der Waals surface area contributed by atoms with Crippen LogP contribution in [0.15, 0.2) is 18.2 Å². The lowest BCUT2D eigenvalue weighted by atomic mass is 10.0. The van der Waals surface area contributed by atoms with E-state index in [4.69, 9.17) is 11.5 Å². The van der Waals surface area contributed by atoms with Crippen molar-refractivity contribution in [2.24, 2.45) is 11.5 Å². The SMILES string of the molecule is NCc1ccc([C@@H](N)C(F)(F)F)cc1F. The van der Waals surface area contributed by atoms with Crippen molar-refractivity contribution in [2.45, 2.75) is 18.8 Å². The molecule has 0 aromatic heterocycles. The van der Waals surface area contributed by atoms with Crippen LogP contribution in [0.25, 0.3) is 0 Å². The number of hydrogen-bond acceptors (Lipinski definition) is 2. The van der Waals surface area contributed by atoms with Crippen LogP contribution >= 0.6 is 0 Å². The number of hydrogen-bond donors (Lipinski definition) is 2. The highest BCUT2D eigenvalue weighted by atomic mass is 19.4. The molecular formula is C9H10F4N2. The minimum Gasteiger partial charge on any atom is -0.326 e. The molecule has 2 nitrogen and oxygen atoms in total. The van der Waals surface area contributed by atoms with E-state index in [1.807, 2.05) is 0 Å². The summed E-state index contributed by atoms with van der Waals surface area (Å²) in [5.41, 5.74) is 9.93. The minimum atomic E-state index is -4.57. The zero-order valence-corrected chi connectivity index (χ0v) is 7.68. The lowest BCUT2D eigenvalue weighted by Crippen LogP contribution is -2.28. The summed E-state index contributed by atoms with van der Waals surface area (Å²) in [5.74, 6) is -0.769. The Morgan fingerprint density at radius 1 is 1.27 bits per heavy atom. The molecule has 0 amide bonds. The lowest BCUT2D eigenvalue weighted by molar-refractivity contribution is -0.149. The third-order valence-electron chi connectivity index (χ3n) is 2.01. The van der Waals surface area contributed by atoms with Crippen LogP contribution in [0.3, 0.4) is 0 Å². The third kappa shape index (κ3) is 2.66. The Morgan fingerprint density at radius 2 is 1.87 bits per heavy atom. The molecule has 0 spiro atoms. The van der Waals surface area contributed by atoms with E-state index < -0.39 is 18.0 Å². The molecule has 84 valence electrons. The van der Waals surface area contributed by atoms with Crippen LogP contribution < -0.4 is 11.5 Å². The number of halogens is 4. The van der Waals surface area contributed by atoms with Crippen molar-refractivity contribution >= 4 is 0 Å². The molecule has 0 saturated carbocycles. The standard InChI is InChI=1S/C9H10F4N2/c10-7-3-5(1-2-6(7)4-14)8(15)9(11,12)13/h1-3,8H,4,14-15H2/t8-/m1/s1. The van der Waals surface area contributed by atoms with Crippen molar-refractivity contribution in [1.29, 1.82) is 0 Å². The Balaban J connectivity index is 3.02. The molecule has 0 aliphatic heterocycles. The first kappa shape index (κ1) is 11.9. The Kier molecular flexibility index (Phi) is 3.31. The number of rotatable bonds is 2. The van der Waals surface area contributed by atoms with Crippen LogP contribution in [-0.4, -0.2) is 6.18 Å². The zero-order valence-electron chi connectivity index (χ0n) is 7.68. The Morgan fingerprint density at radius 3 is 2.27 bits per heavy atom. The Labute approximate surface area is 83.9 Å². The summed E-state index contributed by atoms with van der Waals surface area (Å²) in [4.78, 5) is 0. The van der Waals surface area contributed by atoms with Gasteiger partial charge in [-0.3, -0.25) is 0 Å². The maximum absolute atomic E-state index is 13.1. The second kappa shape index (κ2) is 4.16. The van der Waals surface area contributed by atoms with E-state index in [-0.39, 0.29) is 17.7 Å². The van der Waals surface area contributed by atoms with Crippen LogP contribution in [0, 0.1) is 5.82 Å². The fourth-order valence-corrected chi connectivity index (χ4v) is 1.11. The highest BCUT2D eigenvalue weighted by Gasteiger charge is 2.37. The number of alkyl halides is 3. The van der Waals surface area contributed by atoms with Gasteiger partial charge in [0.05, 0.1) is 0 Å². The van der Waals surface area contributed by atoms with E-state index in [1.165, 1.54) is 6.07 Å². The summed E-state index contributed by atoms with van der Waals surface area (Å²) in [6.45, 7) is -0.0621. The molecule has 0 aliphatic rings. The predicted molar refractivity (Wildman–Crippen MR) is 47.3 cm³/mol. The van der Waals surface area contributed by atoms with Gasteiger partial charge in [0.25, 0.3) is 0 Å². The van der Waals surface area contributed by atoms with Crippen molar-refractivity contribution < 1.29 is 17.6 Å². The molecule has 0 fully saturated rings. The van der Waals surface area contributed by atoms with Crippen molar-refractivity contribution in [3.63, 3.8) is 0 Å². The highest BCUT2D eigenvalue weighted by Crippen LogP contribution is 2.30. The smallest absolute Gasteiger partial charge is 0.326 e. The van der Waals surface area contributed by atoms with Gasteiger partial charge < -0.3 is 11.5 Å². The minimum absolute atomic E-state index is 0.0621. The van der Waals surface area contributed by atoms with Gasteiger partial charge in [-0.25, -0.2) is 4.39 Å². The fraction of sp³-hybridized carbons (Fsp3) is 0.333. The molecule has 0 heterocycles. The van der Waals surface area contributed by atoms with Gasteiger partial charge in [0.15, 0.2) is 0 Å². The summed E-state index contributed by atoms with van der Waals surface area (Å²) in [6, 6.07) is 0.930. The zero-order chi connectivity index (χ0) is 11.6. The quantitative estimate of drug-likeness (QED) is 0.750. The normalized spacial score (nSPS) is 14.0. The van der Waals surface area contributed by atoms with Crippen LogP contribution in [0.4, 0.5) is 17.6 Å². The first-order chi connectivity index (χ1) is 6.86. The molecule has 1 atom stereocenters. The molecule has 15 heavy (non-hydrogen) atoms. The predicted octanol–water partition coefficient (Wildman–Crippen LogP) is 1.85. The van der Waals surface area contributed by atoms with Crippen LogP contribution in [-0.2, 0) is 6.54 Å². The van der Waals surface area contributed by atoms with E-state index in [1.54, 1.807) is 0 Å². The summed E-state index contributed by atoms with van der Waals surface area (Å²) in [7, 11) is 0. The summed E-state index contributed by atoms with van der Waals surface area (Å²) < 4.78 is 49.6. The van der Waals surface area contributed by atoms with E-state index in [0.717, 1.165) is 12.1 Å². The molecule has 0 radical (unpaired) electrons. The van der Waals surface area contributed by atoms with Crippen molar-refractivity contribution in [3.05, 3.63) is 35.1 Å². The molecule has 4 N–H and O–H groups in total. The average molecular weight is 222 g/mol. The van der Waals surface area contributed by atoms with Crippen molar-refractivity contribution in [1.82, 2.24) is 0 Å². The molecule has 0 unspecified atom stereocenters. The van der Waals surface area contributed by atoms with E-state index >= 15 is 0 Å². The van der Waals surface area contributed by atoms with Crippen LogP contribution in [0.2, 0.25) is 0 Å². The largest absolute Gasteiger partial charge is 0.407 e. The van der Waals surface area contributed by atoms with Gasteiger partial charge in [0, 0.05) is 12.1 Å². The van der Waals surface area contributed by atoms with Crippen LogP contribution in [0.1, 0.15) is 17.2 Å². The molecule has 1 aromatic carbocycles. The highest BCUT2D eigenvalue weighted by molar-refractivity contribution is 5.27. The van der Waals surface area contributed by atoms with Gasteiger partial charge >= 0.3 is 6.18 Å². The second-order valence-corrected chi connectivity index (χ2v) is 3.07. The van der Waals surface area contributed by atoms with Gasteiger partial charge in [-0.15, -0.1) is 0 Å². The van der Waals surface area contributed by atoms with E-state index in [9.17, 15) is 17.6 Å². The summed E-state index contributed by atoms with van der Waals surface area (Å²) >= 11 is 0. The first-order valence-corrected chi connectivity index (χ1v) is 4.17. The monoisotopic (exact) mass is 222 g/mol. The Bertz CT molecular complexity index is 348. The molecule has 1 aromatic rings. The maximum atomic E-state index is 13.1. The molecule has 0 aliphatic carbocycles. The second-order valence-electron chi connectivity index (χ2n) is 3.07. The van der Waals surface area contributed by atoms with Crippen molar-refractivity contribution in [3.8, 4) is 0 Å². The Hall–Kier alpha value is -1.14. The molecular weight excluding hydrogens is 212 g/mol. The topological polar surface area (TPSA) is 52.0 Å². The van der Waals surface area contributed by atoms with Crippen molar-refractivity contribution in [2.75, 3.05) is 0 Å². The summed E-state index contributed by atoms with van der Waals surface area (Å²) in [6.07, 6.45) is -4.57. The van der Waals surface area contributed by atoms with Gasteiger partial charge in [-0.2, -0.15) is 13.2 Å². The number of benzene rings is 1. The van der Waals surface area contributed by atoms with E-state index in [2.05, 4.69) is 0 Å². The first-order valence-electron chi connectivity index (χ1n) is 4.17. The van der Waals surface area contributed by atoms with Gasteiger partial charge in [0.1, 0.15) is 11.9 Å². The average Bonchev–Trinajstić information content (AvgIpc) is 2.15. The molecule has 1 rings (SSSR count). The molecule has 0 saturated heterocycles. The lowest BCUT2D eigenvalue weighted by Gasteiger charge is -2.16. The van der Waals surface area contributed by atoms with Crippen LogP contribution in [0.5, 0.6) is 0 Å². The maximum Gasteiger partial charge on any atom is 0.407 e. The van der Waals surface area contributed by atoms with Gasteiger partial charge in [-0.05, 0) is 11.6 Å². The fourth-order valence-electron chi connectivity index (χ4n) is 1.11. The third-order valence-corrected chi connectivity index (χ3v) is 2.01. The molecule has 0 bridgehead atoms. The molecule has 6 heteroatoms. The van der Waals surface area contributed by atoms with Gasteiger partial charge in [0.2, 0.25) is 0 Å². The van der Waals surface area contributed by atoms with Gasteiger partial charge in [-0.1, -0.05) is 12.1 Å². The van der Waals surface area contributed by atoms with E-state index in [0.29, 0.717) is 0 Å². The summed E-state index contributed by atoms with van der Waals surface area (Å²) in [5, 5.41) is 0.